The summed E-state index contributed by atoms with van der Waals surface area (Å²) in [7, 11) is 1.74. The number of aliphatic hydroxyl groups is 1. The van der Waals surface area contributed by atoms with Crippen LogP contribution in [0.15, 0.2) is 29.3 Å². The van der Waals surface area contributed by atoms with Crippen LogP contribution in [0.1, 0.15) is 44.2 Å². The predicted octanol–water partition coefficient (Wildman–Crippen LogP) is 2.87. The highest BCUT2D eigenvalue weighted by molar-refractivity contribution is 14.0. The molecule has 28 heavy (non-hydrogen) atoms. The van der Waals surface area contributed by atoms with Crippen LogP contribution in [0.25, 0.3) is 0 Å². The summed E-state index contributed by atoms with van der Waals surface area (Å²) in [5, 5.41) is 13.3. The van der Waals surface area contributed by atoms with Gasteiger partial charge in [0.2, 0.25) is 0 Å². The highest BCUT2D eigenvalue weighted by Crippen LogP contribution is 2.31. The minimum atomic E-state index is -0.249. The largest absolute Gasteiger partial charge is 0.496 e. The van der Waals surface area contributed by atoms with E-state index in [-0.39, 0.29) is 36.1 Å². The second kappa shape index (κ2) is 11.8. The van der Waals surface area contributed by atoms with E-state index in [1.807, 2.05) is 12.1 Å². The number of hydrogen-bond acceptors (Lipinski definition) is 4. The van der Waals surface area contributed by atoms with E-state index >= 15 is 0 Å². The molecule has 0 amide bonds. The first-order valence-electron chi connectivity index (χ1n) is 10.3. The van der Waals surface area contributed by atoms with Crippen molar-refractivity contribution in [2.45, 2.75) is 44.8 Å². The average molecular weight is 502 g/mol. The minimum Gasteiger partial charge on any atom is -0.496 e. The first-order valence-corrected chi connectivity index (χ1v) is 10.3. The number of aliphatic imine (C=N–C) groups is 1. The Kier molecular flexibility index (Phi) is 9.81. The van der Waals surface area contributed by atoms with Crippen LogP contribution in [0.3, 0.4) is 0 Å². The molecule has 2 atom stereocenters. The number of nitrogens with one attached hydrogen (secondary N) is 1. The van der Waals surface area contributed by atoms with Gasteiger partial charge >= 0.3 is 0 Å². The fraction of sp³-hybridized carbons (Fsp3) is 0.667. The summed E-state index contributed by atoms with van der Waals surface area (Å²) in [5.74, 6) is 1.84. The van der Waals surface area contributed by atoms with Gasteiger partial charge in [-0.05, 0) is 45.3 Å². The molecule has 158 valence electrons. The number of rotatable bonds is 6. The summed E-state index contributed by atoms with van der Waals surface area (Å²) >= 11 is 0. The standard InChI is InChI=1S/C21H34N4O2.HI/c1-3-22-21(25-14-11-17(26)16-25)23-15-19(24-12-7-4-8-13-24)18-9-5-6-10-20(18)27-2;/h5-6,9-10,17,19,26H,3-4,7-8,11-16H2,1-2H3,(H,22,23);1H/t17-,19?;/m1./s1. The number of halogens is 1. The van der Waals surface area contributed by atoms with Gasteiger partial charge in [-0.25, -0.2) is 0 Å². The van der Waals surface area contributed by atoms with Gasteiger partial charge in [-0.1, -0.05) is 24.6 Å². The van der Waals surface area contributed by atoms with E-state index in [1.54, 1.807) is 7.11 Å². The van der Waals surface area contributed by atoms with Gasteiger partial charge in [0.15, 0.2) is 5.96 Å². The van der Waals surface area contributed by atoms with E-state index < -0.39 is 0 Å². The van der Waals surface area contributed by atoms with Gasteiger partial charge in [-0.3, -0.25) is 9.89 Å². The Morgan fingerprint density at radius 2 is 2.00 bits per heavy atom. The molecule has 0 saturated carbocycles. The molecule has 0 radical (unpaired) electrons. The Labute approximate surface area is 186 Å². The van der Waals surface area contributed by atoms with Crippen molar-refractivity contribution in [2.24, 2.45) is 4.99 Å². The fourth-order valence-electron chi connectivity index (χ4n) is 4.12. The van der Waals surface area contributed by atoms with Crippen LogP contribution in [0.5, 0.6) is 5.75 Å². The van der Waals surface area contributed by atoms with Gasteiger partial charge in [0.1, 0.15) is 5.75 Å². The van der Waals surface area contributed by atoms with Gasteiger partial charge in [-0.15, -0.1) is 24.0 Å². The minimum absolute atomic E-state index is 0. The van der Waals surface area contributed by atoms with Crippen molar-refractivity contribution in [2.75, 3.05) is 46.4 Å². The van der Waals surface area contributed by atoms with Crippen LogP contribution in [0, 0.1) is 0 Å². The van der Waals surface area contributed by atoms with Crippen molar-refractivity contribution >= 4 is 29.9 Å². The number of nitrogens with zero attached hydrogens (tertiary/aromatic N) is 3. The monoisotopic (exact) mass is 502 g/mol. The highest BCUT2D eigenvalue weighted by atomic mass is 127. The highest BCUT2D eigenvalue weighted by Gasteiger charge is 2.26. The van der Waals surface area contributed by atoms with E-state index in [9.17, 15) is 5.11 Å². The second-order valence-electron chi connectivity index (χ2n) is 7.44. The van der Waals surface area contributed by atoms with E-state index in [0.717, 1.165) is 44.3 Å². The lowest BCUT2D eigenvalue weighted by molar-refractivity contribution is 0.164. The van der Waals surface area contributed by atoms with Gasteiger partial charge < -0.3 is 20.1 Å². The summed E-state index contributed by atoms with van der Waals surface area (Å²) in [4.78, 5) is 9.70. The Hall–Kier alpha value is -1.06. The third-order valence-corrected chi connectivity index (χ3v) is 5.54. The fourth-order valence-corrected chi connectivity index (χ4v) is 4.12. The maximum absolute atomic E-state index is 9.90. The molecule has 3 rings (SSSR count). The van der Waals surface area contributed by atoms with E-state index in [0.29, 0.717) is 13.1 Å². The van der Waals surface area contributed by atoms with E-state index in [4.69, 9.17) is 9.73 Å². The van der Waals surface area contributed by atoms with Crippen molar-refractivity contribution < 1.29 is 9.84 Å². The summed E-state index contributed by atoms with van der Waals surface area (Å²) in [6, 6.07) is 8.52. The van der Waals surface area contributed by atoms with Gasteiger partial charge in [0.25, 0.3) is 0 Å². The molecule has 2 saturated heterocycles. The van der Waals surface area contributed by atoms with Gasteiger partial charge in [0, 0.05) is 25.2 Å². The number of guanidine groups is 1. The Bertz CT molecular complexity index is 622. The van der Waals surface area contributed by atoms with Crippen molar-refractivity contribution in [1.82, 2.24) is 15.1 Å². The van der Waals surface area contributed by atoms with E-state index in [2.05, 4.69) is 34.2 Å². The number of likely N-dealkylation sites (tertiary alicyclic amines) is 2. The molecule has 2 N–H and O–H groups in total. The first-order chi connectivity index (χ1) is 13.2. The molecule has 7 heteroatoms. The molecule has 6 nitrogen and oxygen atoms in total. The van der Waals surface area contributed by atoms with Crippen LogP contribution < -0.4 is 10.1 Å². The Morgan fingerprint density at radius 1 is 1.25 bits per heavy atom. The molecule has 1 unspecified atom stereocenters. The zero-order valence-corrected chi connectivity index (χ0v) is 19.5. The van der Waals surface area contributed by atoms with Crippen LogP contribution in [0.2, 0.25) is 0 Å². The van der Waals surface area contributed by atoms with E-state index in [1.165, 1.54) is 24.8 Å². The lowest BCUT2D eigenvalue weighted by atomic mass is 10.0. The van der Waals surface area contributed by atoms with Crippen LogP contribution >= 0.6 is 24.0 Å². The molecular weight excluding hydrogens is 467 g/mol. The summed E-state index contributed by atoms with van der Waals surface area (Å²) < 4.78 is 5.65. The van der Waals surface area contributed by atoms with Crippen LogP contribution in [0.4, 0.5) is 0 Å². The first kappa shape index (κ1) is 23.2. The maximum Gasteiger partial charge on any atom is 0.194 e. The third kappa shape index (κ3) is 5.97. The molecular formula is C21H35IN4O2. The zero-order chi connectivity index (χ0) is 19.1. The van der Waals surface area contributed by atoms with Crippen LogP contribution in [-0.2, 0) is 0 Å². The SMILES string of the molecule is CCNC(=NCC(c1ccccc1OC)N1CCCCC1)N1CC[C@@H](O)C1.I. The smallest absolute Gasteiger partial charge is 0.194 e. The molecule has 0 spiro atoms. The lowest BCUT2D eigenvalue weighted by Gasteiger charge is -2.35. The molecule has 2 aliphatic heterocycles. The average Bonchev–Trinajstić information content (AvgIpc) is 3.14. The van der Waals surface area contributed by atoms with Crippen molar-refractivity contribution in [3.05, 3.63) is 29.8 Å². The molecule has 1 aromatic rings. The topological polar surface area (TPSA) is 60.3 Å². The predicted molar refractivity (Wildman–Crippen MR) is 125 cm³/mol. The number of β-amino-alcohol motifs (C(OH)–C–C–N with tert-alkyl or cyclic N) is 1. The number of methoxy groups -OCH3 is 1. The second-order valence-corrected chi connectivity index (χ2v) is 7.44. The lowest BCUT2D eigenvalue weighted by Crippen LogP contribution is -2.41. The van der Waals surface area contributed by atoms with Crippen molar-refractivity contribution in [1.29, 1.82) is 0 Å². The molecule has 2 fully saturated rings. The summed E-state index contributed by atoms with van der Waals surface area (Å²) in [5.41, 5.74) is 1.21. The normalized spacial score (nSPS) is 21.9. The maximum atomic E-state index is 9.90. The Balaban J connectivity index is 0.00000280. The number of hydrogen-bond donors (Lipinski definition) is 2. The third-order valence-electron chi connectivity index (χ3n) is 5.54. The number of ether oxygens (including phenoxy) is 1. The summed E-state index contributed by atoms with van der Waals surface area (Å²) in [6.45, 7) is 7.34. The van der Waals surface area contributed by atoms with Crippen LogP contribution in [-0.4, -0.2) is 73.3 Å². The van der Waals surface area contributed by atoms with Crippen molar-refractivity contribution in [3.63, 3.8) is 0 Å². The molecule has 0 aliphatic carbocycles. The number of benzene rings is 1. The quantitative estimate of drug-likeness (QED) is 0.356. The molecule has 0 bridgehead atoms. The molecule has 2 heterocycles. The number of para-hydroxylation sites is 1. The Morgan fingerprint density at radius 3 is 2.64 bits per heavy atom. The summed E-state index contributed by atoms with van der Waals surface area (Å²) in [6.07, 6.45) is 4.36. The number of aliphatic hydroxyl groups excluding tert-OH is 1. The zero-order valence-electron chi connectivity index (χ0n) is 17.1. The molecule has 2 aliphatic rings. The number of piperidine rings is 1. The molecule has 1 aromatic carbocycles. The molecule has 0 aromatic heterocycles. The van der Waals surface area contributed by atoms with Crippen molar-refractivity contribution in [3.8, 4) is 5.75 Å². The van der Waals surface area contributed by atoms with Gasteiger partial charge in [0.05, 0.1) is 25.8 Å². The van der Waals surface area contributed by atoms with Gasteiger partial charge in [-0.2, -0.15) is 0 Å².